The van der Waals surface area contributed by atoms with E-state index in [4.69, 9.17) is 23.7 Å². The number of benzene rings is 1. The van der Waals surface area contributed by atoms with Gasteiger partial charge in [-0.15, -0.1) is 0 Å². The molecule has 1 aromatic rings. The van der Waals surface area contributed by atoms with Gasteiger partial charge in [-0.3, -0.25) is 0 Å². The molecule has 140 valence electrons. The van der Waals surface area contributed by atoms with E-state index >= 15 is 0 Å². The number of hydrogen-bond donors (Lipinski definition) is 0. The molecule has 1 unspecified atom stereocenters. The Morgan fingerprint density at radius 3 is 2.42 bits per heavy atom. The van der Waals surface area contributed by atoms with Crippen LogP contribution >= 0.6 is 0 Å². The van der Waals surface area contributed by atoms with E-state index in [-0.39, 0.29) is 24.3 Å². The van der Waals surface area contributed by atoms with E-state index in [1.165, 1.54) is 0 Å². The Kier molecular flexibility index (Phi) is 4.19. The SMILES string of the molecule is CC1(C)OCC(C2=C[C@H](OC(=O)c3ccccc3)[C@H]3OC(C)(C)O[C@@H]23)O1. The summed E-state index contributed by atoms with van der Waals surface area (Å²) in [6, 6.07) is 8.92. The summed E-state index contributed by atoms with van der Waals surface area (Å²) in [5.74, 6) is -1.78. The van der Waals surface area contributed by atoms with Gasteiger partial charge in [-0.2, -0.15) is 0 Å². The molecule has 2 saturated heterocycles. The van der Waals surface area contributed by atoms with Gasteiger partial charge in [0.05, 0.1) is 12.2 Å². The number of esters is 1. The van der Waals surface area contributed by atoms with Crippen LogP contribution in [0.5, 0.6) is 0 Å². The van der Waals surface area contributed by atoms with Gasteiger partial charge in [0.2, 0.25) is 0 Å². The second-order valence-electron chi connectivity index (χ2n) is 7.74. The Morgan fingerprint density at radius 2 is 1.77 bits per heavy atom. The van der Waals surface area contributed by atoms with Crippen LogP contribution in [0, 0.1) is 0 Å². The molecular formula is C20H24O6. The largest absolute Gasteiger partial charge is 0.452 e. The highest BCUT2D eigenvalue weighted by Crippen LogP contribution is 2.43. The predicted octanol–water partition coefficient (Wildman–Crippen LogP) is 2.82. The van der Waals surface area contributed by atoms with Gasteiger partial charge in [0, 0.05) is 0 Å². The summed E-state index contributed by atoms with van der Waals surface area (Å²) in [4.78, 5) is 12.5. The minimum absolute atomic E-state index is 0.240. The maximum atomic E-state index is 12.5. The predicted molar refractivity (Wildman–Crippen MR) is 92.5 cm³/mol. The van der Waals surface area contributed by atoms with Gasteiger partial charge >= 0.3 is 5.97 Å². The van der Waals surface area contributed by atoms with Crippen molar-refractivity contribution in [2.45, 2.75) is 63.7 Å². The lowest BCUT2D eigenvalue weighted by atomic mass is 10.1. The lowest BCUT2D eigenvalue weighted by Gasteiger charge is -2.22. The van der Waals surface area contributed by atoms with E-state index in [2.05, 4.69) is 0 Å². The van der Waals surface area contributed by atoms with Crippen molar-refractivity contribution in [3.05, 3.63) is 47.5 Å². The van der Waals surface area contributed by atoms with Gasteiger partial charge in [-0.25, -0.2) is 4.79 Å². The van der Waals surface area contributed by atoms with Crippen molar-refractivity contribution in [2.75, 3.05) is 6.61 Å². The van der Waals surface area contributed by atoms with Crippen LogP contribution in [0.3, 0.4) is 0 Å². The van der Waals surface area contributed by atoms with Crippen LogP contribution in [-0.4, -0.2) is 48.6 Å². The standard InChI is InChI=1S/C20H24O6/c1-19(2)22-11-15(24-19)13-10-14(17-16(13)25-20(3,4)26-17)23-18(21)12-8-6-5-7-9-12/h5-10,14-17H,11H2,1-4H3/t14-,15?,16-,17+/m0/s1. The Balaban J connectivity index is 1.56. The zero-order valence-electron chi connectivity index (χ0n) is 15.4. The van der Waals surface area contributed by atoms with Gasteiger partial charge in [-0.1, -0.05) is 18.2 Å². The fraction of sp³-hybridized carbons (Fsp3) is 0.550. The number of carbonyl (C=O) groups is 1. The summed E-state index contributed by atoms with van der Waals surface area (Å²) in [6.07, 6.45) is 0.411. The minimum Gasteiger partial charge on any atom is -0.452 e. The molecule has 0 radical (unpaired) electrons. The molecule has 4 atom stereocenters. The number of carbonyl (C=O) groups excluding carboxylic acids is 1. The average molecular weight is 360 g/mol. The molecule has 1 aromatic carbocycles. The van der Waals surface area contributed by atoms with Crippen molar-refractivity contribution < 1.29 is 28.5 Å². The molecule has 0 bridgehead atoms. The molecule has 26 heavy (non-hydrogen) atoms. The molecule has 2 heterocycles. The molecule has 0 saturated carbocycles. The lowest BCUT2D eigenvalue weighted by Crippen LogP contribution is -2.34. The van der Waals surface area contributed by atoms with Crippen LogP contribution in [0.15, 0.2) is 42.0 Å². The smallest absolute Gasteiger partial charge is 0.338 e. The fourth-order valence-corrected chi connectivity index (χ4v) is 3.68. The summed E-state index contributed by atoms with van der Waals surface area (Å²) in [5.41, 5.74) is 1.42. The maximum absolute atomic E-state index is 12.5. The highest BCUT2D eigenvalue weighted by Gasteiger charge is 2.54. The second kappa shape index (κ2) is 6.16. The highest BCUT2D eigenvalue weighted by molar-refractivity contribution is 5.89. The maximum Gasteiger partial charge on any atom is 0.338 e. The summed E-state index contributed by atoms with van der Waals surface area (Å²) in [6.45, 7) is 7.90. The average Bonchev–Trinajstić information content (AvgIpc) is 3.19. The van der Waals surface area contributed by atoms with Crippen LogP contribution in [-0.2, 0) is 23.7 Å². The van der Waals surface area contributed by atoms with Crippen molar-refractivity contribution in [1.82, 2.24) is 0 Å². The van der Waals surface area contributed by atoms with Gasteiger partial charge < -0.3 is 23.7 Å². The van der Waals surface area contributed by atoms with E-state index in [0.29, 0.717) is 12.2 Å². The van der Waals surface area contributed by atoms with E-state index in [1.54, 1.807) is 24.3 Å². The molecule has 0 aromatic heterocycles. The first kappa shape index (κ1) is 17.7. The van der Waals surface area contributed by atoms with Gasteiger partial charge in [0.25, 0.3) is 0 Å². The first-order valence-corrected chi connectivity index (χ1v) is 8.89. The van der Waals surface area contributed by atoms with Crippen LogP contribution in [0.4, 0.5) is 0 Å². The van der Waals surface area contributed by atoms with Crippen molar-refractivity contribution in [3.63, 3.8) is 0 Å². The van der Waals surface area contributed by atoms with Crippen molar-refractivity contribution in [3.8, 4) is 0 Å². The summed E-state index contributed by atoms with van der Waals surface area (Å²) in [5, 5.41) is 0. The molecular weight excluding hydrogens is 336 g/mol. The van der Waals surface area contributed by atoms with Crippen LogP contribution in [0.25, 0.3) is 0 Å². The Bertz CT molecular complexity index is 723. The van der Waals surface area contributed by atoms with Gasteiger partial charge in [-0.05, 0) is 51.5 Å². The number of fused-ring (bicyclic) bond motifs is 1. The zero-order chi connectivity index (χ0) is 18.5. The summed E-state index contributed by atoms with van der Waals surface area (Å²) in [7, 11) is 0. The molecule has 3 aliphatic rings. The Hall–Kier alpha value is -1.73. The van der Waals surface area contributed by atoms with Crippen LogP contribution < -0.4 is 0 Å². The van der Waals surface area contributed by atoms with Gasteiger partial charge in [0.1, 0.15) is 24.4 Å². The normalized spacial score (nSPS) is 34.4. The lowest BCUT2D eigenvalue weighted by molar-refractivity contribution is -0.155. The summed E-state index contributed by atoms with van der Waals surface area (Å²) < 4.78 is 29.5. The quantitative estimate of drug-likeness (QED) is 0.610. The first-order chi connectivity index (χ1) is 12.2. The fourth-order valence-electron chi connectivity index (χ4n) is 3.68. The van der Waals surface area contributed by atoms with Crippen molar-refractivity contribution in [2.24, 2.45) is 0 Å². The number of ether oxygens (including phenoxy) is 5. The third-order valence-electron chi connectivity index (χ3n) is 4.77. The summed E-state index contributed by atoms with van der Waals surface area (Å²) >= 11 is 0. The van der Waals surface area contributed by atoms with E-state index in [9.17, 15) is 4.79 Å². The molecule has 6 nitrogen and oxygen atoms in total. The topological polar surface area (TPSA) is 63.2 Å². The van der Waals surface area contributed by atoms with E-state index < -0.39 is 17.7 Å². The Morgan fingerprint density at radius 1 is 1.04 bits per heavy atom. The molecule has 1 aliphatic carbocycles. The number of hydrogen-bond acceptors (Lipinski definition) is 6. The van der Waals surface area contributed by atoms with E-state index in [1.807, 2.05) is 39.8 Å². The molecule has 2 fully saturated rings. The highest BCUT2D eigenvalue weighted by atomic mass is 16.8. The van der Waals surface area contributed by atoms with Crippen molar-refractivity contribution >= 4 is 5.97 Å². The minimum atomic E-state index is -0.749. The molecule has 0 N–H and O–H groups in total. The number of rotatable bonds is 3. The van der Waals surface area contributed by atoms with E-state index in [0.717, 1.165) is 5.57 Å². The first-order valence-electron chi connectivity index (χ1n) is 8.89. The van der Waals surface area contributed by atoms with Gasteiger partial charge in [0.15, 0.2) is 11.6 Å². The third kappa shape index (κ3) is 3.30. The third-order valence-corrected chi connectivity index (χ3v) is 4.77. The second-order valence-corrected chi connectivity index (χ2v) is 7.74. The van der Waals surface area contributed by atoms with Crippen molar-refractivity contribution in [1.29, 1.82) is 0 Å². The molecule has 0 amide bonds. The molecule has 6 heteroatoms. The molecule has 2 aliphatic heterocycles. The monoisotopic (exact) mass is 360 g/mol. The van der Waals surface area contributed by atoms with Crippen LogP contribution in [0.1, 0.15) is 38.1 Å². The molecule has 4 rings (SSSR count). The molecule has 0 spiro atoms. The Labute approximate surface area is 153 Å². The zero-order valence-corrected chi connectivity index (χ0v) is 15.4. The van der Waals surface area contributed by atoms with Crippen LogP contribution in [0.2, 0.25) is 0 Å².